The van der Waals surface area contributed by atoms with Crippen molar-refractivity contribution in [3.8, 4) is 0 Å². The van der Waals surface area contributed by atoms with Crippen molar-refractivity contribution in [1.29, 1.82) is 0 Å². The molecule has 2 aromatic rings. The highest BCUT2D eigenvalue weighted by Crippen LogP contribution is 2.05. The van der Waals surface area contributed by atoms with E-state index in [1.54, 1.807) is 36.4 Å². The molecule has 0 aliphatic rings. The fourth-order valence-corrected chi connectivity index (χ4v) is 2.19. The summed E-state index contributed by atoms with van der Waals surface area (Å²) >= 11 is 0. The Balaban J connectivity index is 0.000000364. The van der Waals surface area contributed by atoms with Crippen molar-refractivity contribution in [2.45, 2.75) is 9.79 Å². The molecule has 0 atom stereocenters. The average Bonchev–Trinajstić information content (AvgIpc) is 2.40. The van der Waals surface area contributed by atoms with E-state index < -0.39 is 20.2 Å². The van der Waals surface area contributed by atoms with Gasteiger partial charge < -0.3 is 0 Å². The molecule has 0 amide bonds. The minimum atomic E-state index is -4.00. The Kier molecular flexibility index (Phi) is 7.61. The Hall–Kier alpha value is -1.39. The highest BCUT2D eigenvalue weighted by Gasteiger charge is 2.06. The normalized spacial score (nSPS) is 10.8. The van der Waals surface area contributed by atoms with Crippen LogP contribution < -0.4 is 0 Å². The zero-order chi connectivity index (χ0) is 15.2. The van der Waals surface area contributed by atoms with Crippen molar-refractivity contribution in [2.24, 2.45) is 0 Å². The van der Waals surface area contributed by atoms with Crippen LogP contribution in [-0.4, -0.2) is 25.9 Å². The van der Waals surface area contributed by atoms with Crippen molar-refractivity contribution in [3.05, 3.63) is 60.7 Å². The van der Waals surface area contributed by atoms with E-state index in [0.717, 1.165) is 0 Å². The van der Waals surface area contributed by atoms with Crippen LogP contribution in [0.25, 0.3) is 0 Å². The predicted octanol–water partition coefficient (Wildman–Crippen LogP) is 2.51. The topological polar surface area (TPSA) is 109 Å². The van der Waals surface area contributed by atoms with Crippen LogP contribution in [0.1, 0.15) is 0 Å². The lowest BCUT2D eigenvalue weighted by atomic mass is 10.4. The van der Waals surface area contributed by atoms with Gasteiger partial charge in [0.1, 0.15) is 0 Å². The van der Waals surface area contributed by atoms with Gasteiger partial charge in [-0.1, -0.05) is 36.4 Å². The van der Waals surface area contributed by atoms with Crippen LogP contribution >= 0.6 is 13.5 Å². The summed E-state index contributed by atoms with van der Waals surface area (Å²) in [5, 5.41) is 0. The second-order valence-corrected chi connectivity index (χ2v) is 6.42. The first-order valence-corrected chi connectivity index (χ1v) is 8.14. The van der Waals surface area contributed by atoms with E-state index in [-0.39, 0.29) is 23.3 Å². The van der Waals surface area contributed by atoms with Crippen LogP contribution in [-0.2, 0) is 20.2 Å². The van der Waals surface area contributed by atoms with Crippen LogP contribution in [0.2, 0.25) is 0 Å². The van der Waals surface area contributed by atoms with Crippen LogP contribution in [0.5, 0.6) is 0 Å². The number of rotatable bonds is 2. The molecule has 9 heteroatoms. The van der Waals surface area contributed by atoms with Crippen molar-refractivity contribution in [2.75, 3.05) is 0 Å². The lowest BCUT2D eigenvalue weighted by Crippen LogP contribution is -1.96. The first-order valence-electron chi connectivity index (χ1n) is 5.26. The number of hydrogen-bond donors (Lipinski definition) is 2. The van der Waals surface area contributed by atoms with Gasteiger partial charge in [0.25, 0.3) is 20.2 Å². The Bertz CT molecular complexity index is 673. The molecule has 0 heterocycles. The molecule has 0 saturated carbocycles. The van der Waals surface area contributed by atoms with E-state index in [2.05, 4.69) is 0 Å². The quantitative estimate of drug-likeness (QED) is 0.807. The molecule has 0 saturated heterocycles. The second-order valence-electron chi connectivity index (χ2n) is 3.58. The maximum atomic E-state index is 10.4. The average molecular weight is 348 g/mol. The molecule has 0 aliphatic carbocycles. The molecule has 21 heavy (non-hydrogen) atoms. The Labute approximate surface area is 130 Å². The van der Waals surface area contributed by atoms with Crippen LogP contribution in [0, 0.1) is 0 Å². The largest absolute Gasteiger partial charge is 0.294 e. The SMILES string of the molecule is O=S(=O)(O)c1ccccc1.O=S(=O)(O)c1ccccc1.[S]. The summed E-state index contributed by atoms with van der Waals surface area (Å²) in [6, 6.07) is 14.8. The minimum absolute atomic E-state index is 0. The summed E-state index contributed by atoms with van der Waals surface area (Å²) in [5.41, 5.74) is 0. The van der Waals surface area contributed by atoms with Gasteiger partial charge in [0, 0.05) is 13.5 Å². The van der Waals surface area contributed by atoms with Gasteiger partial charge in [-0.05, 0) is 24.3 Å². The van der Waals surface area contributed by atoms with E-state index in [4.69, 9.17) is 9.11 Å². The smallest absolute Gasteiger partial charge is 0.282 e. The number of benzene rings is 2. The highest BCUT2D eigenvalue weighted by molar-refractivity contribution is 7.86. The highest BCUT2D eigenvalue weighted by atomic mass is 32.2. The third-order valence-electron chi connectivity index (χ3n) is 2.08. The molecule has 114 valence electrons. The molecular formula is C12H12O6S3. The summed E-state index contributed by atoms with van der Waals surface area (Å²) in [7, 11) is -8.01. The number of hydrogen-bond acceptors (Lipinski definition) is 4. The maximum absolute atomic E-state index is 10.4. The van der Waals surface area contributed by atoms with Gasteiger partial charge in [-0.2, -0.15) is 16.8 Å². The van der Waals surface area contributed by atoms with Crippen LogP contribution in [0.4, 0.5) is 0 Å². The first-order chi connectivity index (χ1) is 9.21. The minimum Gasteiger partial charge on any atom is -0.282 e. The van der Waals surface area contributed by atoms with Gasteiger partial charge in [-0.25, -0.2) is 0 Å². The van der Waals surface area contributed by atoms with E-state index in [1.165, 1.54) is 24.3 Å². The Morgan fingerprint density at radius 1 is 0.571 bits per heavy atom. The lowest BCUT2D eigenvalue weighted by Gasteiger charge is -1.92. The van der Waals surface area contributed by atoms with Gasteiger partial charge in [-0.15, -0.1) is 0 Å². The summed E-state index contributed by atoms with van der Waals surface area (Å²) in [6.45, 7) is 0. The fraction of sp³-hybridized carbons (Fsp3) is 0. The molecular weight excluding hydrogens is 336 g/mol. The molecule has 0 fully saturated rings. The van der Waals surface area contributed by atoms with Gasteiger partial charge in [-0.3, -0.25) is 9.11 Å². The molecule has 0 unspecified atom stereocenters. The van der Waals surface area contributed by atoms with Crippen molar-refractivity contribution in [3.63, 3.8) is 0 Å². The van der Waals surface area contributed by atoms with Gasteiger partial charge in [0.05, 0.1) is 9.79 Å². The van der Waals surface area contributed by atoms with E-state index in [1.807, 2.05) is 0 Å². The zero-order valence-corrected chi connectivity index (χ0v) is 13.0. The van der Waals surface area contributed by atoms with Crippen LogP contribution in [0.15, 0.2) is 70.5 Å². The molecule has 0 bridgehead atoms. The fourth-order valence-electron chi connectivity index (χ4n) is 1.18. The predicted molar refractivity (Wildman–Crippen MR) is 80.1 cm³/mol. The van der Waals surface area contributed by atoms with Gasteiger partial charge in [0.2, 0.25) is 0 Å². The first kappa shape index (κ1) is 19.6. The Morgan fingerprint density at radius 2 is 0.810 bits per heavy atom. The molecule has 6 nitrogen and oxygen atoms in total. The van der Waals surface area contributed by atoms with Gasteiger partial charge in [0.15, 0.2) is 0 Å². The third kappa shape index (κ3) is 7.25. The van der Waals surface area contributed by atoms with Crippen molar-refractivity contribution < 1.29 is 25.9 Å². The molecule has 2 radical (unpaired) electrons. The lowest BCUT2D eigenvalue weighted by molar-refractivity contribution is 0.481. The monoisotopic (exact) mass is 348 g/mol. The van der Waals surface area contributed by atoms with Gasteiger partial charge >= 0.3 is 0 Å². The summed E-state index contributed by atoms with van der Waals surface area (Å²) in [5.74, 6) is 0. The van der Waals surface area contributed by atoms with Crippen molar-refractivity contribution >= 4 is 33.7 Å². The molecule has 2 N–H and O–H groups in total. The summed E-state index contributed by atoms with van der Waals surface area (Å²) in [4.78, 5) is -0.148. The zero-order valence-electron chi connectivity index (χ0n) is 10.5. The van der Waals surface area contributed by atoms with E-state index in [9.17, 15) is 16.8 Å². The Morgan fingerprint density at radius 3 is 0.952 bits per heavy atom. The molecule has 2 rings (SSSR count). The molecule has 2 aromatic carbocycles. The standard InChI is InChI=1S/2C6H6O3S.S/c2*7-10(8,9)6-4-2-1-3-5-6;/h2*1-5H,(H,7,8,9);. The molecule has 0 spiro atoms. The molecule has 0 aromatic heterocycles. The molecule has 0 aliphatic heterocycles. The summed E-state index contributed by atoms with van der Waals surface area (Å²) < 4.78 is 58.5. The third-order valence-corrected chi connectivity index (χ3v) is 3.82. The summed E-state index contributed by atoms with van der Waals surface area (Å²) in [6.07, 6.45) is 0. The van der Waals surface area contributed by atoms with E-state index in [0.29, 0.717) is 0 Å². The second kappa shape index (κ2) is 8.15. The maximum Gasteiger partial charge on any atom is 0.294 e. The van der Waals surface area contributed by atoms with Crippen molar-refractivity contribution in [1.82, 2.24) is 0 Å². The van der Waals surface area contributed by atoms with Crippen LogP contribution in [0.3, 0.4) is 0 Å². The van der Waals surface area contributed by atoms with E-state index >= 15 is 0 Å².